The number of carbonyl (C=O) groups is 2. The number of carbonyl (C=O) groups excluding carboxylic acids is 2. The molecule has 5 rings (SSSR count). The SMILES string of the molecule is [B]C(I)(C(=O)OC1CC2CC1C1COC(=O)C21)C12NI1N2. The summed E-state index contributed by atoms with van der Waals surface area (Å²) in [6, 6.07) is 0. The van der Waals surface area contributed by atoms with Crippen molar-refractivity contribution in [3.63, 3.8) is 0 Å². The summed E-state index contributed by atoms with van der Waals surface area (Å²) in [5.41, 5.74) is 0. The number of cyclic esters (lactones) is 1. The fraction of sp³-hybridized carbons (Fsp3) is 0.833. The van der Waals surface area contributed by atoms with Crippen LogP contribution in [0.15, 0.2) is 0 Å². The zero-order valence-corrected chi connectivity index (χ0v) is 15.3. The second-order valence-electron chi connectivity index (χ2n) is 6.50. The zero-order valence-electron chi connectivity index (χ0n) is 11.0. The molecule has 6 atom stereocenters. The Morgan fingerprint density at radius 1 is 1.48 bits per heavy atom. The van der Waals surface area contributed by atoms with Gasteiger partial charge in [-0.3, -0.25) is 0 Å². The van der Waals surface area contributed by atoms with Crippen LogP contribution >= 0.6 is 43.0 Å². The molecule has 3 aliphatic heterocycles. The van der Waals surface area contributed by atoms with Crippen LogP contribution in [0.1, 0.15) is 12.8 Å². The van der Waals surface area contributed by atoms with Gasteiger partial charge >= 0.3 is 145 Å². The number of esters is 2. The van der Waals surface area contributed by atoms with E-state index in [4.69, 9.17) is 17.3 Å². The minimum absolute atomic E-state index is 0.0405. The third kappa shape index (κ3) is 1.66. The van der Waals surface area contributed by atoms with E-state index in [1.54, 1.807) is 0 Å². The van der Waals surface area contributed by atoms with Gasteiger partial charge in [-0.1, -0.05) is 0 Å². The average Bonchev–Trinajstić information content (AvgIpc) is 3.12. The maximum absolute atomic E-state index is 12.5. The standard InChI is InChI=1S/C12H13BI2N2O4/c13-11(14,12-15(16-12)17-12)10(19)21-7-2-4-1-5(7)6-3-20-9(18)8(4)6/h4-8,16-17H,1-3H2. The van der Waals surface area contributed by atoms with Gasteiger partial charge in [0.25, 0.3) is 0 Å². The van der Waals surface area contributed by atoms with Crippen molar-refractivity contribution in [3.8, 4) is 0 Å². The van der Waals surface area contributed by atoms with E-state index in [-0.39, 0.29) is 39.5 Å². The number of alkyl halides is 2. The van der Waals surface area contributed by atoms with Crippen LogP contribution in [0.25, 0.3) is 0 Å². The van der Waals surface area contributed by atoms with Gasteiger partial charge < -0.3 is 0 Å². The Bertz CT molecular complexity index is 567. The molecule has 5 aliphatic rings. The van der Waals surface area contributed by atoms with E-state index < -0.39 is 23.7 Å². The third-order valence-corrected chi connectivity index (χ3v) is 12.4. The molecular formula is C12H13BI2N2O4. The molecule has 2 bridgehead atoms. The molecule has 112 valence electrons. The number of ether oxygens (including phenoxy) is 2. The van der Waals surface area contributed by atoms with Crippen molar-refractivity contribution in [2.75, 3.05) is 6.61 Å². The Labute approximate surface area is 144 Å². The Balaban J connectivity index is 1.30. The molecule has 9 heteroatoms. The van der Waals surface area contributed by atoms with E-state index in [9.17, 15) is 9.59 Å². The summed E-state index contributed by atoms with van der Waals surface area (Å²) in [4.78, 5) is 24.2. The van der Waals surface area contributed by atoms with E-state index in [1.165, 1.54) is 0 Å². The van der Waals surface area contributed by atoms with Crippen molar-refractivity contribution in [2.24, 2.45) is 23.7 Å². The van der Waals surface area contributed by atoms with Gasteiger partial charge in [0.1, 0.15) is 0 Å². The van der Waals surface area contributed by atoms with E-state index in [2.05, 4.69) is 7.06 Å². The molecule has 5 fully saturated rings. The number of halogens is 2. The summed E-state index contributed by atoms with van der Waals surface area (Å²) in [6.45, 7) is 0.486. The summed E-state index contributed by atoms with van der Waals surface area (Å²) < 4.78 is 16.2. The van der Waals surface area contributed by atoms with Crippen LogP contribution < -0.4 is 7.06 Å². The van der Waals surface area contributed by atoms with Crippen molar-refractivity contribution in [1.29, 1.82) is 0 Å². The molecule has 0 aromatic heterocycles. The van der Waals surface area contributed by atoms with Crippen LogP contribution in [0.5, 0.6) is 0 Å². The monoisotopic (exact) mass is 514 g/mol. The predicted octanol–water partition coefficient (Wildman–Crippen LogP) is 0.224. The van der Waals surface area contributed by atoms with Crippen LogP contribution in [-0.4, -0.2) is 39.5 Å². The first kappa shape index (κ1) is 13.8. The van der Waals surface area contributed by atoms with Gasteiger partial charge in [0.15, 0.2) is 0 Å². The molecule has 2 aliphatic carbocycles. The normalized spacial score (nSPS) is 48.1. The first-order chi connectivity index (χ1) is 9.94. The Kier molecular flexibility index (Phi) is 2.67. The second-order valence-corrected chi connectivity index (χ2v) is 12.5. The van der Waals surface area contributed by atoms with Crippen molar-refractivity contribution >= 4 is 62.7 Å². The van der Waals surface area contributed by atoms with E-state index >= 15 is 0 Å². The molecule has 21 heavy (non-hydrogen) atoms. The second kappa shape index (κ2) is 4.07. The van der Waals surface area contributed by atoms with Crippen LogP contribution in [0.3, 0.4) is 0 Å². The molecule has 0 aromatic rings. The van der Waals surface area contributed by atoms with Gasteiger partial charge in [0, 0.05) is 0 Å². The molecule has 6 unspecified atom stereocenters. The fourth-order valence-electron chi connectivity index (χ4n) is 4.30. The van der Waals surface area contributed by atoms with E-state index in [0.29, 0.717) is 12.5 Å². The van der Waals surface area contributed by atoms with Crippen molar-refractivity contribution in [2.45, 2.75) is 25.9 Å². The third-order valence-electron chi connectivity index (χ3n) is 5.52. The quantitative estimate of drug-likeness (QED) is 0.107. The molecule has 3 heterocycles. The van der Waals surface area contributed by atoms with Crippen LogP contribution in [0, 0.1) is 23.7 Å². The van der Waals surface area contributed by atoms with Gasteiger partial charge in [0.05, 0.1) is 0 Å². The summed E-state index contributed by atoms with van der Waals surface area (Å²) >= 11 is 0.713. The number of nitrogens with one attached hydrogen (secondary N) is 2. The first-order valence-electron chi connectivity index (χ1n) is 7.05. The molecule has 6 nitrogen and oxygen atoms in total. The predicted molar refractivity (Wildman–Crippen MR) is 89.6 cm³/mol. The summed E-state index contributed by atoms with van der Waals surface area (Å²) in [7, 11) is 6.19. The molecule has 0 spiro atoms. The van der Waals surface area contributed by atoms with Gasteiger partial charge in [-0.15, -0.1) is 0 Å². The van der Waals surface area contributed by atoms with Gasteiger partial charge in [-0.05, 0) is 0 Å². The summed E-state index contributed by atoms with van der Waals surface area (Å²) in [5.74, 6) is 0.452. The topological polar surface area (TPSA) is 96.5 Å². The van der Waals surface area contributed by atoms with Crippen LogP contribution in [0.4, 0.5) is 0 Å². The number of rotatable bonds is 3. The molecule has 0 amide bonds. The van der Waals surface area contributed by atoms with E-state index in [1.807, 2.05) is 22.6 Å². The number of hydrogen-bond donors (Lipinski definition) is 2. The Morgan fingerprint density at radius 3 is 2.86 bits per heavy atom. The summed E-state index contributed by atoms with van der Waals surface area (Å²) in [5, 5.41) is 0. The average molecular weight is 514 g/mol. The first-order valence-corrected chi connectivity index (χ1v) is 11.4. The molecule has 2 radical (unpaired) electrons. The number of hydrogen-bond acceptors (Lipinski definition) is 6. The minimum atomic E-state index is -1.29. The van der Waals surface area contributed by atoms with Crippen LogP contribution in [-0.2, 0) is 19.1 Å². The Hall–Kier alpha value is 0.385. The molecule has 0 aromatic carbocycles. The zero-order chi connectivity index (χ0) is 14.6. The van der Waals surface area contributed by atoms with Gasteiger partial charge in [-0.25, -0.2) is 0 Å². The molecular weight excluding hydrogens is 501 g/mol. The molecule has 2 saturated carbocycles. The van der Waals surface area contributed by atoms with E-state index in [0.717, 1.165) is 12.8 Å². The van der Waals surface area contributed by atoms with Crippen molar-refractivity contribution in [3.05, 3.63) is 0 Å². The van der Waals surface area contributed by atoms with Crippen molar-refractivity contribution in [1.82, 2.24) is 7.06 Å². The fourth-order valence-corrected chi connectivity index (χ4v) is 11.6. The molecule has 3 saturated heterocycles. The summed E-state index contributed by atoms with van der Waals surface area (Å²) in [6.07, 6.45) is 1.64. The van der Waals surface area contributed by atoms with Crippen LogP contribution in [0.2, 0.25) is 0 Å². The Morgan fingerprint density at radius 2 is 2.19 bits per heavy atom. The molecule has 2 N–H and O–H groups in total. The van der Waals surface area contributed by atoms with Gasteiger partial charge in [-0.2, -0.15) is 0 Å². The number of fused-ring (bicyclic) bond motifs is 6. The van der Waals surface area contributed by atoms with Crippen molar-refractivity contribution < 1.29 is 19.1 Å². The maximum atomic E-state index is 12.5. The van der Waals surface area contributed by atoms with Gasteiger partial charge in [0.2, 0.25) is 0 Å².